The van der Waals surface area contributed by atoms with E-state index in [1.165, 1.54) is 18.2 Å². The smallest absolute Gasteiger partial charge is 0.305 e. The predicted octanol–water partition coefficient (Wildman–Crippen LogP) is 1.49. The van der Waals surface area contributed by atoms with E-state index in [4.69, 9.17) is 30.0 Å². The average molecular weight is 595 g/mol. The minimum absolute atomic E-state index is 0.00677. The molecule has 0 saturated heterocycles. The summed E-state index contributed by atoms with van der Waals surface area (Å²) in [5, 5.41) is 28.7. The van der Waals surface area contributed by atoms with Gasteiger partial charge in [0.1, 0.15) is 12.4 Å². The number of hydrogen-bond acceptors (Lipinski definition) is 9. The van der Waals surface area contributed by atoms with E-state index in [9.17, 15) is 24.0 Å². The number of carbonyl (C=O) groups excluding carboxylic acids is 3. The second kappa shape index (κ2) is 22.3. The zero-order valence-corrected chi connectivity index (χ0v) is 23.3. The summed E-state index contributed by atoms with van der Waals surface area (Å²) in [6.07, 6.45) is 2.11. The summed E-state index contributed by atoms with van der Waals surface area (Å²) >= 11 is 0. The van der Waals surface area contributed by atoms with Crippen molar-refractivity contribution in [3.63, 3.8) is 0 Å². The highest BCUT2D eigenvalue weighted by atomic mass is 16.5. The number of benzene rings is 1. The SMILES string of the molecule is [N-]=[N+]=NCCCCCC(=O)NCCOc1cc(C(=O)NCCOCCC(=O)O)cc(C(=O)NCCOCCC(=O)O)c1. The summed E-state index contributed by atoms with van der Waals surface area (Å²) in [6.45, 7) is 1.08. The summed E-state index contributed by atoms with van der Waals surface area (Å²) in [6, 6.07) is 4.26. The number of azide groups is 1. The van der Waals surface area contributed by atoms with Crippen LogP contribution in [0.1, 0.15) is 59.2 Å². The summed E-state index contributed by atoms with van der Waals surface area (Å²) in [4.78, 5) is 61.2. The van der Waals surface area contributed by atoms with Crippen LogP contribution in [-0.2, 0) is 23.9 Å². The molecule has 1 rings (SSSR count). The molecule has 16 heteroatoms. The van der Waals surface area contributed by atoms with Gasteiger partial charge in [0.15, 0.2) is 0 Å². The van der Waals surface area contributed by atoms with E-state index in [2.05, 4.69) is 26.0 Å². The molecule has 1 aromatic carbocycles. The Morgan fingerprint density at radius 3 is 1.79 bits per heavy atom. The van der Waals surface area contributed by atoms with Crippen LogP contribution in [-0.4, -0.2) is 99.1 Å². The van der Waals surface area contributed by atoms with Crippen LogP contribution in [0.3, 0.4) is 0 Å². The standard InChI is InChI=1S/C26H38N6O10/c27-32-31-7-3-1-2-4-22(33)28-10-15-42-21-17-19(25(38)29-8-13-40-11-5-23(34)35)16-20(18-21)26(39)30-9-14-41-12-6-24(36)37/h16-18H,1-15H2,(H,28,33)(H,29,38)(H,30,39)(H,34,35)(H,36,37). The lowest BCUT2D eigenvalue weighted by molar-refractivity contribution is -0.139. The fourth-order valence-corrected chi connectivity index (χ4v) is 3.28. The maximum absolute atomic E-state index is 12.7. The van der Waals surface area contributed by atoms with Crippen LogP contribution >= 0.6 is 0 Å². The molecule has 0 atom stereocenters. The molecule has 0 fully saturated rings. The number of hydrogen-bond donors (Lipinski definition) is 5. The molecule has 0 aliphatic heterocycles. The van der Waals surface area contributed by atoms with Gasteiger partial charge in [-0.05, 0) is 36.6 Å². The molecule has 16 nitrogen and oxygen atoms in total. The Morgan fingerprint density at radius 2 is 1.26 bits per heavy atom. The number of unbranched alkanes of at least 4 members (excludes halogenated alkanes) is 2. The maximum atomic E-state index is 12.7. The molecule has 0 aromatic heterocycles. The Morgan fingerprint density at radius 1 is 0.714 bits per heavy atom. The Bertz CT molecular complexity index is 1020. The number of nitrogens with one attached hydrogen (secondary N) is 3. The molecule has 3 amide bonds. The first-order valence-electron chi connectivity index (χ1n) is 13.4. The molecule has 0 aliphatic carbocycles. The van der Waals surface area contributed by atoms with E-state index >= 15 is 0 Å². The molecule has 0 saturated carbocycles. The molecule has 0 heterocycles. The van der Waals surface area contributed by atoms with E-state index < -0.39 is 23.8 Å². The molecule has 0 unspecified atom stereocenters. The molecule has 42 heavy (non-hydrogen) atoms. The van der Waals surface area contributed by atoms with Crippen LogP contribution in [0.25, 0.3) is 10.4 Å². The summed E-state index contributed by atoms with van der Waals surface area (Å²) in [5.74, 6) is -2.95. The van der Waals surface area contributed by atoms with Crippen molar-refractivity contribution in [2.75, 3.05) is 59.2 Å². The van der Waals surface area contributed by atoms with Crippen molar-refractivity contribution < 1.29 is 48.4 Å². The Kier molecular flexibility index (Phi) is 18.9. The van der Waals surface area contributed by atoms with E-state index in [-0.39, 0.29) is 88.3 Å². The van der Waals surface area contributed by atoms with Crippen molar-refractivity contribution in [1.29, 1.82) is 0 Å². The number of rotatable bonds is 24. The van der Waals surface area contributed by atoms with Crippen LogP contribution in [0.15, 0.2) is 23.3 Å². The zero-order valence-electron chi connectivity index (χ0n) is 23.3. The Balaban J connectivity index is 2.66. The van der Waals surface area contributed by atoms with Gasteiger partial charge in [-0.3, -0.25) is 24.0 Å². The van der Waals surface area contributed by atoms with Crippen LogP contribution in [0.2, 0.25) is 0 Å². The highest BCUT2D eigenvalue weighted by Crippen LogP contribution is 2.18. The minimum Gasteiger partial charge on any atom is -0.492 e. The van der Waals surface area contributed by atoms with Gasteiger partial charge in [0.05, 0.1) is 45.8 Å². The van der Waals surface area contributed by atoms with Gasteiger partial charge in [-0.25, -0.2) is 0 Å². The number of aliphatic carboxylic acids is 2. The normalized spacial score (nSPS) is 10.3. The van der Waals surface area contributed by atoms with Crippen LogP contribution in [0.5, 0.6) is 5.75 Å². The van der Waals surface area contributed by atoms with Crippen molar-refractivity contribution >= 4 is 29.7 Å². The van der Waals surface area contributed by atoms with Crippen molar-refractivity contribution in [3.8, 4) is 5.75 Å². The van der Waals surface area contributed by atoms with Crippen molar-refractivity contribution in [2.45, 2.75) is 38.5 Å². The molecule has 0 bridgehead atoms. The predicted molar refractivity (Wildman–Crippen MR) is 148 cm³/mol. The molecule has 5 N–H and O–H groups in total. The monoisotopic (exact) mass is 594 g/mol. The summed E-state index contributed by atoms with van der Waals surface area (Å²) < 4.78 is 16.0. The van der Waals surface area contributed by atoms with E-state index in [1.54, 1.807) is 0 Å². The van der Waals surface area contributed by atoms with Gasteiger partial charge in [0.25, 0.3) is 11.8 Å². The lowest BCUT2D eigenvalue weighted by Gasteiger charge is -2.13. The van der Waals surface area contributed by atoms with Gasteiger partial charge < -0.3 is 40.4 Å². The molecule has 0 spiro atoms. The Hall–Kier alpha value is -4.40. The van der Waals surface area contributed by atoms with Gasteiger partial charge in [-0.15, -0.1) is 0 Å². The first-order chi connectivity index (χ1) is 20.2. The van der Waals surface area contributed by atoms with Gasteiger partial charge >= 0.3 is 11.9 Å². The van der Waals surface area contributed by atoms with Crippen molar-refractivity contribution in [2.24, 2.45) is 5.11 Å². The third-order valence-corrected chi connectivity index (χ3v) is 5.33. The molecular weight excluding hydrogens is 556 g/mol. The highest BCUT2D eigenvalue weighted by Gasteiger charge is 2.14. The van der Waals surface area contributed by atoms with E-state index in [0.717, 1.165) is 6.42 Å². The maximum Gasteiger partial charge on any atom is 0.305 e. The molecule has 0 radical (unpaired) electrons. The van der Waals surface area contributed by atoms with E-state index in [1.807, 2.05) is 0 Å². The molecule has 0 aliphatic rings. The first kappa shape index (κ1) is 35.6. The number of carbonyl (C=O) groups is 5. The summed E-state index contributed by atoms with van der Waals surface area (Å²) in [7, 11) is 0. The first-order valence-corrected chi connectivity index (χ1v) is 13.4. The third kappa shape index (κ3) is 18.0. The van der Waals surface area contributed by atoms with Crippen LogP contribution < -0.4 is 20.7 Å². The van der Waals surface area contributed by atoms with Crippen LogP contribution in [0.4, 0.5) is 0 Å². The Labute approximate surface area is 242 Å². The second-order valence-corrected chi connectivity index (χ2v) is 8.73. The van der Waals surface area contributed by atoms with Crippen LogP contribution in [0, 0.1) is 0 Å². The number of nitrogens with zero attached hydrogens (tertiary/aromatic N) is 3. The zero-order chi connectivity index (χ0) is 31.0. The van der Waals surface area contributed by atoms with Gasteiger partial charge in [0, 0.05) is 42.1 Å². The fraction of sp³-hybridized carbons (Fsp3) is 0.577. The number of carboxylic acid groups (broad SMARTS) is 2. The van der Waals surface area contributed by atoms with Crippen molar-refractivity contribution in [1.82, 2.24) is 16.0 Å². The topological polar surface area (TPSA) is 238 Å². The van der Waals surface area contributed by atoms with E-state index in [0.29, 0.717) is 25.8 Å². The largest absolute Gasteiger partial charge is 0.492 e. The lowest BCUT2D eigenvalue weighted by atomic mass is 10.1. The van der Waals surface area contributed by atoms with Gasteiger partial charge in [-0.1, -0.05) is 11.5 Å². The number of amides is 3. The fourth-order valence-electron chi connectivity index (χ4n) is 3.28. The second-order valence-electron chi connectivity index (χ2n) is 8.73. The molecule has 1 aromatic rings. The highest BCUT2D eigenvalue weighted by molar-refractivity contribution is 6.00. The van der Waals surface area contributed by atoms with Gasteiger partial charge in [0.2, 0.25) is 5.91 Å². The number of carboxylic acids is 2. The average Bonchev–Trinajstić information content (AvgIpc) is 2.95. The summed E-state index contributed by atoms with van der Waals surface area (Å²) in [5.41, 5.74) is 8.51. The molecule has 232 valence electrons. The quantitative estimate of drug-likeness (QED) is 0.0500. The van der Waals surface area contributed by atoms with Gasteiger partial charge in [-0.2, -0.15) is 0 Å². The third-order valence-electron chi connectivity index (χ3n) is 5.33. The lowest BCUT2D eigenvalue weighted by Crippen LogP contribution is -2.30. The van der Waals surface area contributed by atoms with Crippen molar-refractivity contribution in [3.05, 3.63) is 39.8 Å². The number of ether oxygens (including phenoxy) is 3. The minimum atomic E-state index is -0.994. The molecular formula is C26H38N6O10.